The second kappa shape index (κ2) is 9.21. The number of aliphatic hydroxyl groups excluding tert-OH is 1. The van der Waals surface area contributed by atoms with Gasteiger partial charge >= 0.3 is 0 Å². The third kappa shape index (κ3) is 4.12. The fourth-order valence-corrected chi connectivity index (χ4v) is 4.26. The van der Waals surface area contributed by atoms with Gasteiger partial charge in [0.2, 0.25) is 0 Å². The minimum absolute atomic E-state index is 0.00112. The lowest BCUT2D eigenvalue weighted by Crippen LogP contribution is -2.29. The Hall–Kier alpha value is -3.80. The van der Waals surface area contributed by atoms with Crippen LogP contribution in [0.2, 0.25) is 0 Å². The molecule has 0 saturated carbocycles. The molecule has 1 aromatic heterocycles. The van der Waals surface area contributed by atoms with Gasteiger partial charge in [-0.3, -0.25) is 14.5 Å². The van der Waals surface area contributed by atoms with Gasteiger partial charge in [-0.15, -0.1) is 0 Å². The summed E-state index contributed by atoms with van der Waals surface area (Å²) in [7, 11) is 0. The molecular formula is C28H29NO5. The molecule has 3 aromatic rings. The van der Waals surface area contributed by atoms with Crippen LogP contribution >= 0.6 is 0 Å². The maximum atomic E-state index is 13.3. The molecule has 1 aliphatic rings. The topological polar surface area (TPSA) is 80.0 Å². The summed E-state index contributed by atoms with van der Waals surface area (Å²) in [6.07, 6.45) is 0. The second-order valence-corrected chi connectivity index (χ2v) is 8.79. The first-order chi connectivity index (χ1) is 16.2. The summed E-state index contributed by atoms with van der Waals surface area (Å²) < 4.78 is 11.6. The third-order valence-corrected chi connectivity index (χ3v) is 5.99. The highest BCUT2D eigenvalue weighted by Gasteiger charge is 2.48. The van der Waals surface area contributed by atoms with Crippen molar-refractivity contribution in [1.29, 1.82) is 0 Å². The zero-order chi connectivity index (χ0) is 24.6. The Morgan fingerprint density at radius 3 is 2.35 bits per heavy atom. The first-order valence-corrected chi connectivity index (χ1v) is 11.4. The van der Waals surface area contributed by atoms with Crippen molar-refractivity contribution in [1.82, 2.24) is 0 Å². The van der Waals surface area contributed by atoms with Crippen molar-refractivity contribution in [2.24, 2.45) is 0 Å². The zero-order valence-electron chi connectivity index (χ0n) is 20.1. The molecule has 0 radical (unpaired) electrons. The molecule has 1 fully saturated rings. The largest absolute Gasteiger partial charge is 0.507 e. The van der Waals surface area contributed by atoms with Crippen LogP contribution in [0.25, 0.3) is 5.76 Å². The molecule has 176 valence electrons. The highest BCUT2D eigenvalue weighted by Crippen LogP contribution is 2.43. The van der Waals surface area contributed by atoms with Crippen LogP contribution in [0.1, 0.15) is 60.9 Å². The van der Waals surface area contributed by atoms with Gasteiger partial charge in [-0.2, -0.15) is 0 Å². The first kappa shape index (κ1) is 23.4. The highest BCUT2D eigenvalue weighted by atomic mass is 16.5. The molecule has 1 saturated heterocycles. The molecule has 1 atom stereocenters. The molecule has 2 heterocycles. The number of carbonyl (C=O) groups is 2. The lowest BCUT2D eigenvalue weighted by atomic mass is 9.95. The van der Waals surface area contributed by atoms with Crippen LogP contribution in [-0.4, -0.2) is 23.4 Å². The van der Waals surface area contributed by atoms with Gasteiger partial charge in [-0.25, -0.2) is 0 Å². The van der Waals surface area contributed by atoms with Crippen molar-refractivity contribution in [3.8, 4) is 5.75 Å². The highest BCUT2D eigenvalue weighted by molar-refractivity contribution is 6.51. The molecule has 0 aliphatic carbocycles. The number of nitrogens with zero attached hydrogens (tertiary/aromatic N) is 1. The van der Waals surface area contributed by atoms with Crippen molar-refractivity contribution >= 4 is 23.1 Å². The summed E-state index contributed by atoms with van der Waals surface area (Å²) in [5.41, 5.74) is 2.94. The number of benzene rings is 2. The molecule has 6 heteroatoms. The van der Waals surface area contributed by atoms with Crippen molar-refractivity contribution < 1.29 is 23.8 Å². The Balaban J connectivity index is 1.91. The van der Waals surface area contributed by atoms with Gasteiger partial charge in [-0.05, 0) is 74.7 Å². The van der Waals surface area contributed by atoms with E-state index in [-0.39, 0.29) is 17.3 Å². The number of aryl methyl sites for hydroxylation is 2. The fraction of sp³-hybridized carbons (Fsp3) is 0.286. The Morgan fingerprint density at radius 1 is 1.06 bits per heavy atom. The number of Topliss-reactive ketones (excluding diaryl/α,β-unsaturated/α-hetero) is 1. The number of anilines is 1. The van der Waals surface area contributed by atoms with E-state index in [0.717, 1.165) is 16.9 Å². The lowest BCUT2D eigenvalue weighted by molar-refractivity contribution is -0.132. The normalized spacial score (nSPS) is 17.6. The number of aliphatic hydroxyl groups is 1. The van der Waals surface area contributed by atoms with Crippen molar-refractivity contribution in [3.63, 3.8) is 0 Å². The quantitative estimate of drug-likeness (QED) is 0.276. The number of furan rings is 1. The average Bonchev–Trinajstić information content (AvgIpc) is 3.35. The number of carbonyl (C=O) groups excluding carboxylic acids is 2. The maximum Gasteiger partial charge on any atom is 0.300 e. The summed E-state index contributed by atoms with van der Waals surface area (Å²) in [5, 5.41) is 11.4. The minimum Gasteiger partial charge on any atom is -0.507 e. The van der Waals surface area contributed by atoms with E-state index in [9.17, 15) is 14.7 Å². The van der Waals surface area contributed by atoms with Crippen LogP contribution in [-0.2, 0) is 9.59 Å². The fourth-order valence-electron chi connectivity index (χ4n) is 4.26. The molecule has 1 unspecified atom stereocenters. The number of ether oxygens (including phenoxy) is 1. The molecule has 1 aliphatic heterocycles. The maximum absolute atomic E-state index is 13.3. The number of ketones is 1. The second-order valence-electron chi connectivity index (χ2n) is 8.79. The monoisotopic (exact) mass is 459 g/mol. The molecule has 1 amide bonds. The van der Waals surface area contributed by atoms with Crippen LogP contribution in [0.3, 0.4) is 0 Å². The predicted octanol–water partition coefficient (Wildman–Crippen LogP) is 6.04. The van der Waals surface area contributed by atoms with Gasteiger partial charge in [-0.1, -0.05) is 31.5 Å². The van der Waals surface area contributed by atoms with E-state index in [1.165, 1.54) is 4.90 Å². The summed E-state index contributed by atoms with van der Waals surface area (Å²) in [5.74, 6) is 0.218. The van der Waals surface area contributed by atoms with Crippen molar-refractivity contribution in [2.45, 2.75) is 46.6 Å². The summed E-state index contributed by atoms with van der Waals surface area (Å²) in [6.45, 7) is 10.2. The van der Waals surface area contributed by atoms with Gasteiger partial charge in [0.15, 0.2) is 0 Å². The molecule has 2 aromatic carbocycles. The van der Waals surface area contributed by atoms with E-state index < -0.39 is 17.7 Å². The molecule has 6 nitrogen and oxygen atoms in total. The summed E-state index contributed by atoms with van der Waals surface area (Å²) in [6, 6.07) is 15.3. The first-order valence-electron chi connectivity index (χ1n) is 11.4. The minimum atomic E-state index is -0.884. The molecule has 0 bridgehead atoms. The van der Waals surface area contributed by atoms with Crippen LogP contribution in [0.4, 0.5) is 5.69 Å². The van der Waals surface area contributed by atoms with Crippen molar-refractivity contribution in [3.05, 3.63) is 88.4 Å². The number of rotatable bonds is 6. The third-order valence-electron chi connectivity index (χ3n) is 5.99. The molecule has 0 spiro atoms. The number of hydrogen-bond donors (Lipinski definition) is 1. The van der Waals surface area contributed by atoms with E-state index in [2.05, 4.69) is 0 Å². The van der Waals surface area contributed by atoms with Gasteiger partial charge in [0.1, 0.15) is 29.1 Å². The zero-order valence-corrected chi connectivity index (χ0v) is 20.1. The Labute approximate surface area is 199 Å². The van der Waals surface area contributed by atoms with E-state index in [1.807, 2.05) is 45.9 Å². The summed E-state index contributed by atoms with van der Waals surface area (Å²) >= 11 is 0. The number of hydrogen-bond acceptors (Lipinski definition) is 5. The van der Waals surface area contributed by atoms with E-state index >= 15 is 0 Å². The van der Waals surface area contributed by atoms with Gasteiger partial charge in [0.25, 0.3) is 11.7 Å². The molecular weight excluding hydrogens is 430 g/mol. The van der Waals surface area contributed by atoms with Gasteiger partial charge < -0.3 is 14.3 Å². The van der Waals surface area contributed by atoms with Gasteiger partial charge in [0, 0.05) is 11.3 Å². The van der Waals surface area contributed by atoms with Crippen LogP contribution in [0, 0.1) is 13.8 Å². The van der Waals surface area contributed by atoms with Gasteiger partial charge in [0.05, 0.1) is 12.2 Å². The molecule has 4 rings (SSSR count). The predicted molar refractivity (Wildman–Crippen MR) is 131 cm³/mol. The smallest absolute Gasteiger partial charge is 0.300 e. The Kier molecular flexibility index (Phi) is 6.33. The van der Waals surface area contributed by atoms with E-state index in [1.54, 1.807) is 43.3 Å². The standard InChI is InChI=1S/C28H29NO5/c1-6-33-22-14-10-19(15-21(22)16(2)3)26(30)24-25(23-13-9-18(5)34-23)29(28(32)27(24)31)20-11-7-17(4)8-12-20/h7-16,25,30H,6H2,1-5H3/b26-24-. The van der Waals surface area contributed by atoms with Crippen LogP contribution in [0.5, 0.6) is 5.75 Å². The molecule has 1 N–H and O–H groups in total. The van der Waals surface area contributed by atoms with Crippen LogP contribution < -0.4 is 9.64 Å². The van der Waals surface area contributed by atoms with Crippen molar-refractivity contribution in [2.75, 3.05) is 11.5 Å². The summed E-state index contributed by atoms with van der Waals surface area (Å²) in [4.78, 5) is 27.9. The average molecular weight is 460 g/mol. The lowest BCUT2D eigenvalue weighted by Gasteiger charge is -2.23. The SMILES string of the molecule is CCOc1ccc(/C(O)=C2/C(=O)C(=O)N(c3ccc(C)cc3)C2c2ccc(C)o2)cc1C(C)C. The number of amides is 1. The molecule has 34 heavy (non-hydrogen) atoms. The van der Waals surface area contributed by atoms with E-state index in [4.69, 9.17) is 9.15 Å². The van der Waals surface area contributed by atoms with Crippen LogP contribution in [0.15, 0.2) is 64.6 Å². The van der Waals surface area contributed by atoms with E-state index in [0.29, 0.717) is 29.4 Å². The Morgan fingerprint density at radius 2 is 1.76 bits per heavy atom. The Bertz CT molecular complexity index is 1270.